The number of alkyl halides is 3. The van der Waals surface area contributed by atoms with E-state index in [0.29, 0.717) is 15.3 Å². The van der Waals surface area contributed by atoms with Gasteiger partial charge >= 0.3 is 12.1 Å². The number of benzene rings is 1. The Balaban J connectivity index is 2.04. The number of amides is 2. The van der Waals surface area contributed by atoms with Gasteiger partial charge in [-0.3, -0.25) is 14.5 Å². The van der Waals surface area contributed by atoms with E-state index in [1.165, 1.54) is 6.07 Å². The Morgan fingerprint density at radius 2 is 1.79 bits per heavy atom. The van der Waals surface area contributed by atoms with Crippen LogP contribution in [-0.4, -0.2) is 24.0 Å². The Bertz CT molecular complexity index is 846. The average molecular weight is 424 g/mol. The maximum Gasteiger partial charge on any atom is 0.471 e. The molecule has 0 spiro atoms. The number of halogens is 3. The van der Waals surface area contributed by atoms with E-state index >= 15 is 0 Å². The second-order valence-electron chi connectivity index (χ2n) is 7.22. The van der Waals surface area contributed by atoms with E-state index in [1.807, 2.05) is 0 Å². The highest BCUT2D eigenvalue weighted by Crippen LogP contribution is 2.36. The summed E-state index contributed by atoms with van der Waals surface area (Å²) in [6.45, 7) is 1.62. The van der Waals surface area contributed by atoms with Crippen LogP contribution in [0, 0.1) is 6.92 Å². The molecule has 1 aliphatic rings. The third-order valence-electron chi connectivity index (χ3n) is 5.11. The highest BCUT2D eigenvalue weighted by atomic mass is 32.1. The van der Waals surface area contributed by atoms with Crippen LogP contribution >= 0.6 is 11.3 Å². The van der Waals surface area contributed by atoms with E-state index < -0.39 is 24.0 Å². The molecular weight excluding hydrogens is 401 g/mol. The van der Waals surface area contributed by atoms with Gasteiger partial charge in [-0.25, -0.2) is 0 Å². The van der Waals surface area contributed by atoms with Crippen LogP contribution in [0.15, 0.2) is 41.8 Å². The number of rotatable bonds is 5. The number of nitrogens with zero attached hydrogens (tertiary/aromatic N) is 1. The molecule has 1 heterocycles. The molecule has 3 rings (SSSR count). The summed E-state index contributed by atoms with van der Waals surface area (Å²) in [6, 6.07) is 8.08. The minimum atomic E-state index is -5.11. The van der Waals surface area contributed by atoms with Crippen LogP contribution in [0.4, 0.5) is 18.9 Å². The van der Waals surface area contributed by atoms with Crippen molar-refractivity contribution in [2.45, 2.75) is 57.3 Å². The SMILES string of the molecule is Cc1ccccc1N(C(=O)C(F)(F)F)[C@H](C(=O)NC1CCCCC1)c1cccs1. The van der Waals surface area contributed by atoms with E-state index in [1.54, 1.807) is 42.6 Å². The van der Waals surface area contributed by atoms with Crippen molar-refractivity contribution < 1.29 is 22.8 Å². The number of hydrogen-bond donors (Lipinski definition) is 1. The number of para-hydroxylation sites is 1. The quantitative estimate of drug-likeness (QED) is 0.722. The Kier molecular flexibility index (Phi) is 6.62. The monoisotopic (exact) mass is 424 g/mol. The van der Waals surface area contributed by atoms with Gasteiger partial charge in [-0.15, -0.1) is 11.3 Å². The summed E-state index contributed by atoms with van der Waals surface area (Å²) in [4.78, 5) is 26.7. The van der Waals surface area contributed by atoms with Crippen LogP contribution in [-0.2, 0) is 9.59 Å². The summed E-state index contributed by atoms with van der Waals surface area (Å²) in [6.07, 6.45) is -0.498. The molecule has 1 N–H and O–H groups in total. The van der Waals surface area contributed by atoms with E-state index in [9.17, 15) is 22.8 Å². The highest BCUT2D eigenvalue weighted by Gasteiger charge is 2.48. The normalized spacial score (nSPS) is 16.3. The highest BCUT2D eigenvalue weighted by molar-refractivity contribution is 7.10. The van der Waals surface area contributed by atoms with Crippen LogP contribution in [0.5, 0.6) is 0 Å². The number of thiophene rings is 1. The van der Waals surface area contributed by atoms with Gasteiger partial charge in [0.25, 0.3) is 0 Å². The number of nitrogens with one attached hydrogen (secondary N) is 1. The molecule has 1 fully saturated rings. The van der Waals surface area contributed by atoms with Crippen molar-refractivity contribution in [3.63, 3.8) is 0 Å². The molecular formula is C21H23F3N2O2S. The first-order chi connectivity index (χ1) is 13.8. The van der Waals surface area contributed by atoms with Gasteiger partial charge in [0.05, 0.1) is 0 Å². The van der Waals surface area contributed by atoms with Crippen molar-refractivity contribution in [1.29, 1.82) is 0 Å². The maximum absolute atomic E-state index is 13.5. The Morgan fingerprint density at radius 1 is 1.10 bits per heavy atom. The third kappa shape index (κ3) is 4.98. The smallest absolute Gasteiger partial charge is 0.351 e. The molecule has 1 atom stereocenters. The van der Waals surface area contributed by atoms with Gasteiger partial charge in [0.1, 0.15) is 0 Å². The van der Waals surface area contributed by atoms with E-state index in [0.717, 1.165) is 43.4 Å². The lowest BCUT2D eigenvalue weighted by atomic mass is 9.95. The first-order valence-electron chi connectivity index (χ1n) is 9.59. The Hall–Kier alpha value is -2.35. The van der Waals surface area contributed by atoms with Crippen molar-refractivity contribution in [2.24, 2.45) is 0 Å². The standard InChI is InChI=1S/C21H23F3N2O2S/c1-14-8-5-6-11-16(14)26(20(28)21(22,23)24)18(17-12-7-13-29-17)19(27)25-15-9-3-2-4-10-15/h5-8,11-13,15,18H,2-4,9-10H2,1H3,(H,25,27)/t18-/m0/s1. The van der Waals surface area contributed by atoms with Crippen molar-refractivity contribution in [3.05, 3.63) is 52.2 Å². The van der Waals surface area contributed by atoms with Crippen molar-refractivity contribution in [1.82, 2.24) is 5.32 Å². The second-order valence-corrected chi connectivity index (χ2v) is 8.20. The molecule has 0 bridgehead atoms. The van der Waals surface area contributed by atoms with Gasteiger partial charge in [0.2, 0.25) is 5.91 Å². The fourth-order valence-corrected chi connectivity index (χ4v) is 4.50. The lowest BCUT2D eigenvalue weighted by Crippen LogP contribution is -2.50. The molecule has 29 heavy (non-hydrogen) atoms. The first kappa shape index (κ1) is 21.4. The van der Waals surface area contributed by atoms with Gasteiger partial charge < -0.3 is 5.32 Å². The fourth-order valence-electron chi connectivity index (χ4n) is 3.68. The second kappa shape index (κ2) is 8.98. The molecule has 0 aliphatic heterocycles. The summed E-state index contributed by atoms with van der Waals surface area (Å²) in [5, 5.41) is 4.57. The van der Waals surface area contributed by atoms with Crippen LogP contribution in [0.1, 0.15) is 48.6 Å². The van der Waals surface area contributed by atoms with Crippen molar-refractivity contribution in [3.8, 4) is 0 Å². The minimum absolute atomic E-state index is 0.0759. The zero-order valence-electron chi connectivity index (χ0n) is 16.0. The molecule has 2 aromatic rings. The predicted octanol–water partition coefficient (Wildman–Crippen LogP) is 5.14. The summed E-state index contributed by atoms with van der Waals surface area (Å²) in [5.41, 5.74) is 0.559. The number of aryl methyl sites for hydroxylation is 1. The summed E-state index contributed by atoms with van der Waals surface area (Å²) in [5.74, 6) is -2.64. The van der Waals surface area contributed by atoms with E-state index in [2.05, 4.69) is 5.32 Å². The molecule has 1 saturated carbocycles. The van der Waals surface area contributed by atoms with Crippen molar-refractivity contribution in [2.75, 3.05) is 4.90 Å². The molecule has 0 radical (unpaired) electrons. The van der Waals surface area contributed by atoms with Gasteiger partial charge in [0, 0.05) is 16.6 Å². The molecule has 1 aromatic heterocycles. The first-order valence-corrected chi connectivity index (χ1v) is 10.5. The summed E-state index contributed by atoms with van der Waals surface area (Å²) in [7, 11) is 0. The third-order valence-corrected chi connectivity index (χ3v) is 6.03. The van der Waals surface area contributed by atoms with Gasteiger partial charge in [0.15, 0.2) is 6.04 Å². The number of anilines is 1. The molecule has 1 aliphatic carbocycles. The van der Waals surface area contributed by atoms with Crippen LogP contribution in [0.3, 0.4) is 0 Å². The predicted molar refractivity (Wildman–Crippen MR) is 107 cm³/mol. The average Bonchev–Trinajstić information content (AvgIpc) is 3.20. The van der Waals surface area contributed by atoms with Crippen LogP contribution in [0.2, 0.25) is 0 Å². The maximum atomic E-state index is 13.5. The van der Waals surface area contributed by atoms with Gasteiger partial charge in [-0.2, -0.15) is 13.2 Å². The Morgan fingerprint density at radius 3 is 2.38 bits per heavy atom. The van der Waals surface area contributed by atoms with Gasteiger partial charge in [-0.05, 0) is 42.8 Å². The largest absolute Gasteiger partial charge is 0.471 e. The molecule has 8 heteroatoms. The molecule has 4 nitrogen and oxygen atoms in total. The summed E-state index contributed by atoms with van der Waals surface area (Å²) >= 11 is 1.16. The topological polar surface area (TPSA) is 49.4 Å². The summed E-state index contributed by atoms with van der Waals surface area (Å²) < 4.78 is 40.6. The van der Waals surface area contributed by atoms with Crippen LogP contribution < -0.4 is 10.2 Å². The van der Waals surface area contributed by atoms with E-state index in [-0.39, 0.29) is 11.7 Å². The lowest BCUT2D eigenvalue weighted by molar-refractivity contribution is -0.171. The van der Waals surface area contributed by atoms with Gasteiger partial charge in [-0.1, -0.05) is 43.5 Å². The molecule has 0 saturated heterocycles. The number of hydrogen-bond acceptors (Lipinski definition) is 3. The lowest BCUT2D eigenvalue weighted by Gasteiger charge is -2.33. The number of carbonyl (C=O) groups excluding carboxylic acids is 2. The minimum Gasteiger partial charge on any atom is -0.351 e. The Labute approximate surface area is 171 Å². The number of carbonyl (C=O) groups is 2. The molecule has 156 valence electrons. The zero-order chi connectivity index (χ0) is 21.0. The molecule has 2 amide bonds. The zero-order valence-corrected chi connectivity index (χ0v) is 16.9. The van der Waals surface area contributed by atoms with Crippen LogP contribution in [0.25, 0.3) is 0 Å². The molecule has 1 aromatic carbocycles. The fraction of sp³-hybridized carbons (Fsp3) is 0.429. The van der Waals surface area contributed by atoms with E-state index in [4.69, 9.17) is 0 Å². The van der Waals surface area contributed by atoms with Crippen molar-refractivity contribution >= 4 is 28.8 Å². The molecule has 0 unspecified atom stereocenters.